The molecule has 128 valence electrons. The van der Waals surface area contributed by atoms with Crippen molar-refractivity contribution in [2.75, 3.05) is 6.61 Å². The van der Waals surface area contributed by atoms with Gasteiger partial charge in [0, 0.05) is 5.02 Å². The fourth-order valence-corrected chi connectivity index (χ4v) is 3.36. The van der Waals surface area contributed by atoms with Gasteiger partial charge < -0.3 is 14.3 Å². The summed E-state index contributed by atoms with van der Waals surface area (Å²) in [6.45, 7) is 1.90. The van der Waals surface area contributed by atoms with Gasteiger partial charge in [0.25, 0.3) is 0 Å². The third-order valence-electron chi connectivity index (χ3n) is 3.23. The van der Waals surface area contributed by atoms with E-state index in [1.54, 1.807) is 49.4 Å². The quantitative estimate of drug-likeness (QED) is 0.750. The number of halogens is 1. The molecule has 0 unspecified atom stereocenters. The number of aliphatic hydroxyl groups excluding tert-OH is 1. The third-order valence-corrected chi connectivity index (χ3v) is 4.48. The summed E-state index contributed by atoms with van der Waals surface area (Å²) in [6, 6.07) is 10.4. The summed E-state index contributed by atoms with van der Waals surface area (Å²) in [7, 11) is 0. The second kappa shape index (κ2) is 7.63. The van der Waals surface area contributed by atoms with E-state index in [-0.39, 0.29) is 17.9 Å². The van der Waals surface area contributed by atoms with Crippen LogP contribution in [0.15, 0.2) is 68.3 Å². The third kappa shape index (κ3) is 3.97. The lowest BCUT2D eigenvalue weighted by Gasteiger charge is -2.04. The average Bonchev–Trinajstić information content (AvgIpc) is 3.17. The molecule has 1 aliphatic heterocycles. The van der Waals surface area contributed by atoms with Gasteiger partial charge in [0.05, 0.1) is 23.5 Å². The number of hydrogen-bond donors (Lipinski definition) is 1. The van der Waals surface area contributed by atoms with E-state index < -0.39 is 5.97 Å². The fourth-order valence-electron chi connectivity index (χ4n) is 2.16. The minimum atomic E-state index is -0.629. The maximum Gasteiger partial charge on any atom is 0.344 e. The van der Waals surface area contributed by atoms with Gasteiger partial charge in [0.2, 0.25) is 0 Å². The number of benzene rings is 1. The van der Waals surface area contributed by atoms with Gasteiger partial charge in [0.15, 0.2) is 0 Å². The Morgan fingerprint density at radius 1 is 1.40 bits per heavy atom. The van der Waals surface area contributed by atoms with Crippen molar-refractivity contribution in [3.05, 3.63) is 69.7 Å². The van der Waals surface area contributed by atoms with Crippen LogP contribution in [-0.4, -0.2) is 22.7 Å². The van der Waals surface area contributed by atoms with Crippen molar-refractivity contribution in [1.29, 1.82) is 0 Å². The molecular weight excluding hydrogens is 362 g/mol. The van der Waals surface area contributed by atoms with Crippen LogP contribution in [0.3, 0.4) is 0 Å². The molecule has 0 aliphatic carbocycles. The average molecular weight is 376 g/mol. The number of esters is 1. The highest BCUT2D eigenvalue weighted by molar-refractivity contribution is 8.18. The summed E-state index contributed by atoms with van der Waals surface area (Å²) in [5, 5.41) is 11.4. The second-order valence-corrected chi connectivity index (χ2v) is 6.43. The Labute approximate surface area is 153 Å². The predicted molar refractivity (Wildman–Crippen MR) is 99.1 cm³/mol. The summed E-state index contributed by atoms with van der Waals surface area (Å²) < 4.78 is 10.3. The number of carbonyl (C=O) groups excluding carboxylic acids is 1. The number of thioether (sulfide) groups is 1. The van der Waals surface area contributed by atoms with E-state index in [1.807, 2.05) is 0 Å². The van der Waals surface area contributed by atoms with Gasteiger partial charge in [-0.05, 0) is 43.3 Å². The molecule has 1 aliphatic rings. The Morgan fingerprint density at radius 3 is 2.92 bits per heavy atom. The van der Waals surface area contributed by atoms with E-state index in [0.717, 1.165) is 11.8 Å². The number of nitrogens with zero attached hydrogens (tertiary/aromatic N) is 1. The molecule has 0 radical (unpaired) electrons. The lowest BCUT2D eigenvalue weighted by Crippen LogP contribution is -2.12. The summed E-state index contributed by atoms with van der Waals surface area (Å²) in [6.07, 6.45) is 3.17. The molecule has 0 amide bonds. The molecule has 1 aromatic carbocycles. The van der Waals surface area contributed by atoms with Crippen LogP contribution in [0.25, 0.3) is 6.08 Å². The summed E-state index contributed by atoms with van der Waals surface area (Å²) in [5.74, 6) is -0.252. The van der Waals surface area contributed by atoms with Crippen LogP contribution in [0.4, 0.5) is 5.69 Å². The first-order valence-corrected chi connectivity index (χ1v) is 8.66. The molecule has 25 heavy (non-hydrogen) atoms. The highest BCUT2D eigenvalue weighted by Crippen LogP contribution is 2.40. The first kappa shape index (κ1) is 17.4. The van der Waals surface area contributed by atoms with E-state index in [2.05, 4.69) is 4.99 Å². The van der Waals surface area contributed by atoms with Crippen molar-refractivity contribution >= 4 is 46.1 Å². The zero-order valence-electron chi connectivity index (χ0n) is 13.2. The number of ether oxygens (including phenoxy) is 1. The molecule has 0 saturated carbocycles. The zero-order valence-corrected chi connectivity index (χ0v) is 14.8. The second-order valence-electron chi connectivity index (χ2n) is 4.97. The largest absolute Gasteiger partial charge is 0.506 e. The van der Waals surface area contributed by atoms with Gasteiger partial charge in [-0.3, -0.25) is 0 Å². The predicted octanol–water partition coefficient (Wildman–Crippen LogP) is 5.13. The Balaban J connectivity index is 2.04. The molecule has 1 N–H and O–H groups in total. The Morgan fingerprint density at radius 2 is 2.24 bits per heavy atom. The van der Waals surface area contributed by atoms with E-state index in [0.29, 0.717) is 26.4 Å². The molecular formula is C18H14ClNO4S. The highest BCUT2D eigenvalue weighted by Gasteiger charge is 2.33. The first-order valence-electron chi connectivity index (χ1n) is 7.47. The lowest BCUT2D eigenvalue weighted by atomic mass is 10.2. The maximum absolute atomic E-state index is 12.3. The molecule has 1 aromatic heterocycles. The highest BCUT2D eigenvalue weighted by atomic mass is 35.5. The molecule has 5 nitrogen and oxygen atoms in total. The van der Waals surface area contributed by atoms with Gasteiger partial charge in [-0.1, -0.05) is 29.4 Å². The number of hydrogen-bond acceptors (Lipinski definition) is 6. The summed E-state index contributed by atoms with van der Waals surface area (Å²) in [5.41, 5.74) is 0.605. The zero-order chi connectivity index (χ0) is 17.8. The van der Waals surface area contributed by atoms with Crippen LogP contribution < -0.4 is 0 Å². The number of rotatable bonds is 4. The normalized spacial score (nSPS) is 17.5. The van der Waals surface area contributed by atoms with Crippen molar-refractivity contribution < 1.29 is 19.1 Å². The minimum absolute atomic E-state index is 0.0321. The Kier molecular flexibility index (Phi) is 5.31. The molecule has 0 atom stereocenters. The van der Waals surface area contributed by atoms with E-state index >= 15 is 0 Å². The van der Waals surface area contributed by atoms with Crippen LogP contribution >= 0.6 is 23.4 Å². The van der Waals surface area contributed by atoms with Crippen LogP contribution in [-0.2, 0) is 9.53 Å². The van der Waals surface area contributed by atoms with Crippen molar-refractivity contribution in [2.24, 2.45) is 4.99 Å². The van der Waals surface area contributed by atoms with Crippen LogP contribution in [0.2, 0.25) is 5.02 Å². The van der Waals surface area contributed by atoms with Gasteiger partial charge in [-0.15, -0.1) is 0 Å². The van der Waals surface area contributed by atoms with E-state index in [9.17, 15) is 9.90 Å². The van der Waals surface area contributed by atoms with Crippen molar-refractivity contribution in [2.45, 2.75) is 6.92 Å². The van der Waals surface area contributed by atoms with Crippen LogP contribution in [0.5, 0.6) is 0 Å². The fraction of sp³-hybridized carbons (Fsp3) is 0.111. The molecule has 0 saturated heterocycles. The minimum Gasteiger partial charge on any atom is -0.506 e. The number of furan rings is 1. The first-order chi connectivity index (χ1) is 12.1. The molecule has 0 fully saturated rings. The molecule has 7 heteroatoms. The van der Waals surface area contributed by atoms with Gasteiger partial charge in [0.1, 0.15) is 22.1 Å². The SMILES string of the molecule is CCOC(=O)C1=C(O)/C(=C\c2ccco2)SC1=Nc1cccc(Cl)c1. The van der Waals surface area contributed by atoms with Crippen molar-refractivity contribution in [3.8, 4) is 0 Å². The van der Waals surface area contributed by atoms with Gasteiger partial charge in [-0.2, -0.15) is 0 Å². The monoisotopic (exact) mass is 375 g/mol. The Bertz CT molecular complexity index is 884. The lowest BCUT2D eigenvalue weighted by molar-refractivity contribution is -0.138. The standard InChI is InChI=1S/C18H14ClNO4S/c1-2-23-18(22)15-16(21)14(10-13-7-4-8-24-13)25-17(15)20-12-6-3-5-11(19)9-12/h3-10,21H,2H2,1H3/b14-10+,20-17?. The summed E-state index contributed by atoms with van der Waals surface area (Å²) in [4.78, 5) is 17.2. The molecule has 2 aromatic rings. The number of carbonyl (C=O) groups is 1. The van der Waals surface area contributed by atoms with Gasteiger partial charge in [-0.25, -0.2) is 9.79 Å². The van der Waals surface area contributed by atoms with Crippen LogP contribution in [0, 0.1) is 0 Å². The topological polar surface area (TPSA) is 72.0 Å². The Hall–Kier alpha value is -2.44. The van der Waals surface area contributed by atoms with Gasteiger partial charge >= 0.3 is 5.97 Å². The summed E-state index contributed by atoms with van der Waals surface area (Å²) >= 11 is 7.14. The van der Waals surface area contributed by atoms with Crippen molar-refractivity contribution in [1.82, 2.24) is 0 Å². The maximum atomic E-state index is 12.3. The van der Waals surface area contributed by atoms with Crippen molar-refractivity contribution in [3.63, 3.8) is 0 Å². The smallest absolute Gasteiger partial charge is 0.344 e. The van der Waals surface area contributed by atoms with E-state index in [4.69, 9.17) is 20.8 Å². The molecule has 3 rings (SSSR count). The van der Waals surface area contributed by atoms with E-state index in [1.165, 1.54) is 6.26 Å². The molecule has 2 heterocycles. The number of aliphatic hydroxyl groups is 1. The molecule has 0 bridgehead atoms. The van der Waals surface area contributed by atoms with Crippen LogP contribution in [0.1, 0.15) is 12.7 Å². The molecule has 0 spiro atoms. The number of aliphatic imine (C=N–C) groups is 1.